The van der Waals surface area contributed by atoms with Crippen LogP contribution in [0.2, 0.25) is 5.02 Å². The van der Waals surface area contributed by atoms with Crippen LogP contribution >= 0.6 is 23.4 Å². The van der Waals surface area contributed by atoms with Crippen LogP contribution in [0.4, 0.5) is 0 Å². The molecule has 1 aliphatic rings. The fourth-order valence-corrected chi connectivity index (χ4v) is 3.88. The maximum atomic E-state index is 12.8. The molecule has 0 aliphatic carbocycles. The average molecular weight is 333 g/mol. The van der Waals surface area contributed by atoms with Gasteiger partial charge in [0.15, 0.2) is 5.78 Å². The van der Waals surface area contributed by atoms with Gasteiger partial charge in [-0.3, -0.25) is 9.59 Å². The molecule has 0 saturated carbocycles. The van der Waals surface area contributed by atoms with Crippen molar-refractivity contribution < 1.29 is 14.7 Å². The van der Waals surface area contributed by atoms with Crippen molar-refractivity contribution in [2.45, 2.75) is 17.7 Å². The first-order valence-corrected chi connectivity index (χ1v) is 8.21. The van der Waals surface area contributed by atoms with Gasteiger partial charge in [-0.2, -0.15) is 0 Å². The van der Waals surface area contributed by atoms with E-state index in [1.54, 1.807) is 42.1 Å². The van der Waals surface area contributed by atoms with Gasteiger partial charge in [-0.15, -0.1) is 11.8 Å². The van der Waals surface area contributed by atoms with Crippen LogP contribution in [-0.2, 0) is 17.6 Å². The number of carboxylic acids is 1. The number of rotatable bonds is 4. The molecule has 1 aliphatic heterocycles. The summed E-state index contributed by atoms with van der Waals surface area (Å²) in [5.74, 6) is -0.0581. The first kappa shape index (κ1) is 15.1. The van der Waals surface area contributed by atoms with Crippen molar-refractivity contribution >= 4 is 35.1 Å². The molecule has 5 heteroatoms. The van der Waals surface area contributed by atoms with Crippen LogP contribution in [0.1, 0.15) is 27.0 Å². The van der Waals surface area contributed by atoms with Gasteiger partial charge in [0.25, 0.3) is 0 Å². The Balaban J connectivity index is 2.05. The maximum absolute atomic E-state index is 12.8. The van der Waals surface area contributed by atoms with E-state index < -0.39 is 5.97 Å². The van der Waals surface area contributed by atoms with E-state index in [4.69, 9.17) is 16.7 Å². The van der Waals surface area contributed by atoms with Crippen molar-refractivity contribution in [3.63, 3.8) is 0 Å². The highest BCUT2D eigenvalue weighted by atomic mass is 35.5. The summed E-state index contributed by atoms with van der Waals surface area (Å²) >= 11 is 7.51. The number of thioether (sulfide) groups is 1. The molecule has 2 aromatic carbocycles. The highest BCUT2D eigenvalue weighted by molar-refractivity contribution is 7.99. The lowest BCUT2D eigenvalue weighted by molar-refractivity contribution is -0.136. The van der Waals surface area contributed by atoms with Gasteiger partial charge in [-0.25, -0.2) is 0 Å². The molecule has 3 nitrogen and oxygen atoms in total. The van der Waals surface area contributed by atoms with Crippen LogP contribution < -0.4 is 0 Å². The summed E-state index contributed by atoms with van der Waals surface area (Å²) < 4.78 is 0. The first-order chi connectivity index (χ1) is 10.5. The molecule has 1 N–H and O–H groups in total. The summed E-state index contributed by atoms with van der Waals surface area (Å²) in [4.78, 5) is 24.7. The minimum Gasteiger partial charge on any atom is -0.481 e. The lowest BCUT2D eigenvalue weighted by Crippen LogP contribution is -2.07. The van der Waals surface area contributed by atoms with E-state index in [0.717, 1.165) is 22.6 Å². The Kier molecular flexibility index (Phi) is 4.23. The zero-order valence-corrected chi connectivity index (χ0v) is 13.2. The van der Waals surface area contributed by atoms with E-state index in [9.17, 15) is 9.59 Å². The molecule has 22 heavy (non-hydrogen) atoms. The molecule has 112 valence electrons. The van der Waals surface area contributed by atoms with Crippen LogP contribution in [0, 0.1) is 0 Å². The second-order valence-corrected chi connectivity index (χ2v) is 6.68. The molecule has 3 rings (SSSR count). The summed E-state index contributed by atoms with van der Waals surface area (Å²) in [6.07, 6.45) is 0.799. The van der Waals surface area contributed by atoms with E-state index >= 15 is 0 Å². The number of fused-ring (bicyclic) bond motifs is 1. The van der Waals surface area contributed by atoms with Crippen molar-refractivity contribution in [3.05, 3.63) is 63.7 Å². The van der Waals surface area contributed by atoms with Gasteiger partial charge >= 0.3 is 5.97 Å². The molecule has 0 atom stereocenters. The average Bonchev–Trinajstić information content (AvgIpc) is 2.94. The van der Waals surface area contributed by atoms with E-state index in [0.29, 0.717) is 21.7 Å². The van der Waals surface area contributed by atoms with Gasteiger partial charge in [0, 0.05) is 26.8 Å². The molecule has 0 unspecified atom stereocenters. The maximum Gasteiger partial charge on any atom is 0.307 e. The third-order valence-electron chi connectivity index (χ3n) is 3.55. The fraction of sp³-hybridized carbons (Fsp3) is 0.176. The largest absolute Gasteiger partial charge is 0.481 e. The van der Waals surface area contributed by atoms with Gasteiger partial charge < -0.3 is 5.11 Å². The number of carbonyl (C=O) groups excluding carboxylic acids is 1. The number of carbonyl (C=O) groups is 2. The zero-order valence-electron chi connectivity index (χ0n) is 11.6. The lowest BCUT2D eigenvalue weighted by atomic mass is 9.96. The Hall–Kier alpha value is -1.78. The number of aryl methyl sites for hydroxylation is 1. The number of hydrogen-bond acceptors (Lipinski definition) is 3. The summed E-state index contributed by atoms with van der Waals surface area (Å²) in [7, 11) is 0. The Morgan fingerprint density at radius 2 is 1.91 bits per heavy atom. The molecule has 1 heterocycles. The third-order valence-corrected chi connectivity index (χ3v) is 4.98. The van der Waals surface area contributed by atoms with E-state index in [-0.39, 0.29) is 12.2 Å². The van der Waals surface area contributed by atoms with Gasteiger partial charge in [0.2, 0.25) is 0 Å². The predicted molar refractivity (Wildman–Crippen MR) is 87.1 cm³/mol. The smallest absolute Gasteiger partial charge is 0.307 e. The Bertz CT molecular complexity index is 753. The molecular weight excluding hydrogens is 320 g/mol. The second kappa shape index (κ2) is 6.15. The SMILES string of the molecule is O=C(O)Cc1cc2c(c(C(=O)c3ccc(Cl)cc3)c1)SCC2. The summed E-state index contributed by atoms with van der Waals surface area (Å²) in [5, 5.41) is 9.57. The van der Waals surface area contributed by atoms with E-state index in [1.807, 2.05) is 6.07 Å². The monoisotopic (exact) mass is 332 g/mol. The van der Waals surface area contributed by atoms with Gasteiger partial charge in [0.1, 0.15) is 0 Å². The second-order valence-electron chi connectivity index (χ2n) is 5.14. The molecule has 0 radical (unpaired) electrons. The standard InChI is InChI=1S/C17H13ClO3S/c18-13-3-1-11(2-4-13)16(21)14-8-10(9-15(19)20)7-12-5-6-22-17(12)14/h1-4,7-8H,5-6,9H2,(H,19,20). The van der Waals surface area contributed by atoms with Crippen LogP contribution in [0.15, 0.2) is 41.3 Å². The van der Waals surface area contributed by atoms with Crippen LogP contribution in [0.3, 0.4) is 0 Å². The van der Waals surface area contributed by atoms with Crippen molar-refractivity contribution in [1.29, 1.82) is 0 Å². The third kappa shape index (κ3) is 3.03. The quantitative estimate of drug-likeness (QED) is 0.864. The minimum atomic E-state index is -0.893. The molecule has 0 fully saturated rings. The van der Waals surface area contributed by atoms with E-state index in [2.05, 4.69) is 0 Å². The summed E-state index contributed by atoms with van der Waals surface area (Å²) in [5.41, 5.74) is 2.90. The highest BCUT2D eigenvalue weighted by Crippen LogP contribution is 2.36. The predicted octanol–water partition coefficient (Wildman–Crippen LogP) is 3.85. The lowest BCUT2D eigenvalue weighted by Gasteiger charge is -2.10. The fourth-order valence-electron chi connectivity index (χ4n) is 2.58. The van der Waals surface area contributed by atoms with Crippen molar-refractivity contribution in [3.8, 4) is 0 Å². The Morgan fingerprint density at radius 1 is 1.18 bits per heavy atom. The number of ketones is 1. The molecule has 0 amide bonds. The van der Waals surface area contributed by atoms with Gasteiger partial charge in [-0.1, -0.05) is 17.7 Å². The molecule has 0 spiro atoms. The molecule has 2 aromatic rings. The zero-order chi connectivity index (χ0) is 15.7. The topological polar surface area (TPSA) is 54.4 Å². The Labute approximate surface area is 137 Å². The van der Waals surface area contributed by atoms with E-state index in [1.165, 1.54) is 0 Å². The van der Waals surface area contributed by atoms with Gasteiger partial charge in [0.05, 0.1) is 6.42 Å². The van der Waals surface area contributed by atoms with Crippen molar-refractivity contribution in [1.82, 2.24) is 0 Å². The van der Waals surface area contributed by atoms with Crippen molar-refractivity contribution in [2.75, 3.05) is 5.75 Å². The number of carboxylic acid groups (broad SMARTS) is 1. The first-order valence-electron chi connectivity index (χ1n) is 6.85. The van der Waals surface area contributed by atoms with Crippen LogP contribution in [-0.4, -0.2) is 22.6 Å². The molecular formula is C17H13ClO3S. The van der Waals surface area contributed by atoms with Gasteiger partial charge in [-0.05, 0) is 47.9 Å². The number of aliphatic carboxylic acids is 1. The van der Waals surface area contributed by atoms with Crippen LogP contribution in [0.25, 0.3) is 0 Å². The normalized spacial score (nSPS) is 13.0. The van der Waals surface area contributed by atoms with Crippen molar-refractivity contribution in [2.24, 2.45) is 0 Å². The number of hydrogen-bond donors (Lipinski definition) is 1. The summed E-state index contributed by atoms with van der Waals surface area (Å²) in [6.45, 7) is 0. The summed E-state index contributed by atoms with van der Waals surface area (Å²) in [6, 6.07) is 10.4. The van der Waals surface area contributed by atoms with Crippen LogP contribution in [0.5, 0.6) is 0 Å². The molecule has 0 bridgehead atoms. The molecule has 0 aromatic heterocycles. The number of benzene rings is 2. The Morgan fingerprint density at radius 3 is 2.59 bits per heavy atom. The minimum absolute atomic E-state index is 0.0706. The number of halogens is 1. The highest BCUT2D eigenvalue weighted by Gasteiger charge is 2.22. The molecule has 0 saturated heterocycles.